The first-order valence-corrected chi connectivity index (χ1v) is 26.3. The number of carbonyl (C=O) groups is 3. The quantitative estimate of drug-likeness (QED) is 0.0262. The van der Waals surface area contributed by atoms with Crippen LogP contribution in [-0.4, -0.2) is 37.2 Å². The van der Waals surface area contributed by atoms with Crippen molar-refractivity contribution in [3.8, 4) is 0 Å². The maximum atomic E-state index is 12.8. The van der Waals surface area contributed by atoms with Gasteiger partial charge in [-0.25, -0.2) is 0 Å². The van der Waals surface area contributed by atoms with E-state index in [1.165, 1.54) is 64.2 Å². The van der Waals surface area contributed by atoms with Crippen molar-refractivity contribution < 1.29 is 28.6 Å². The Balaban J connectivity index is 4.68. The summed E-state index contributed by atoms with van der Waals surface area (Å²) in [5, 5.41) is 0. The van der Waals surface area contributed by atoms with Gasteiger partial charge in [0.15, 0.2) is 6.10 Å². The summed E-state index contributed by atoms with van der Waals surface area (Å²) in [4.78, 5) is 37.9. The molecule has 0 fully saturated rings. The zero-order valence-electron chi connectivity index (χ0n) is 42.6. The monoisotopic (exact) mass is 923 g/mol. The standard InChI is InChI=1S/C61H94O6/c1-4-7-10-13-16-19-22-25-27-29-30-32-33-36-39-42-45-48-51-54-60(63)66-57-58(56-65-59(62)53-50-47-44-41-38-35-24-21-18-15-12-9-6-3)67-61(64)55-52-49-46-43-40-37-34-31-28-26-23-20-17-14-11-8-5-2/h7,10,16-17,19-20,25-28,30,32,34-39,43-48,58H,4-6,8-9,11-15,18,21-24,29,31,33,40-42,49-57H2,1-3H3/b10-7+,19-16+,20-17+,27-25+,28-26+,32-30+,37-34+,38-35+,39-36+,46-43+,47-44+,48-45+. The predicted molar refractivity (Wildman–Crippen MR) is 288 cm³/mol. The first-order valence-electron chi connectivity index (χ1n) is 26.3. The van der Waals surface area contributed by atoms with Gasteiger partial charge in [0.25, 0.3) is 0 Å². The fourth-order valence-electron chi connectivity index (χ4n) is 6.39. The van der Waals surface area contributed by atoms with Crippen molar-refractivity contribution in [3.63, 3.8) is 0 Å². The van der Waals surface area contributed by atoms with Crippen LogP contribution in [0.2, 0.25) is 0 Å². The number of unbranched alkanes of at least 4 members (excludes halogenated alkanes) is 10. The van der Waals surface area contributed by atoms with Gasteiger partial charge in [-0.1, -0.05) is 212 Å². The Morgan fingerprint density at radius 2 is 0.612 bits per heavy atom. The normalized spacial score (nSPS) is 13.3. The van der Waals surface area contributed by atoms with Gasteiger partial charge in [0.1, 0.15) is 13.2 Å². The summed E-state index contributed by atoms with van der Waals surface area (Å²) in [6.07, 6.45) is 77.2. The van der Waals surface area contributed by atoms with Crippen LogP contribution in [-0.2, 0) is 28.6 Å². The number of hydrogen-bond acceptors (Lipinski definition) is 6. The maximum absolute atomic E-state index is 12.8. The highest BCUT2D eigenvalue weighted by Gasteiger charge is 2.19. The Bertz CT molecular complexity index is 1530. The summed E-state index contributed by atoms with van der Waals surface area (Å²) < 4.78 is 16.6. The molecule has 0 aliphatic carbocycles. The van der Waals surface area contributed by atoms with Crippen LogP contribution in [0.3, 0.4) is 0 Å². The molecule has 0 spiro atoms. The van der Waals surface area contributed by atoms with E-state index < -0.39 is 18.0 Å². The van der Waals surface area contributed by atoms with Gasteiger partial charge < -0.3 is 14.2 Å². The molecule has 6 nitrogen and oxygen atoms in total. The number of ether oxygens (including phenoxy) is 3. The minimum absolute atomic E-state index is 0.160. The second-order valence-electron chi connectivity index (χ2n) is 16.7. The molecule has 0 aromatic heterocycles. The third-order valence-corrected chi connectivity index (χ3v) is 10.3. The zero-order valence-corrected chi connectivity index (χ0v) is 42.6. The summed E-state index contributed by atoms with van der Waals surface area (Å²) in [6.45, 7) is 6.30. The Labute approximate surface area is 410 Å². The maximum Gasteiger partial charge on any atom is 0.306 e. The molecule has 1 unspecified atom stereocenters. The Morgan fingerprint density at radius 3 is 1.00 bits per heavy atom. The van der Waals surface area contributed by atoms with Crippen molar-refractivity contribution >= 4 is 17.9 Å². The molecule has 0 radical (unpaired) electrons. The summed E-state index contributed by atoms with van der Waals surface area (Å²) in [5.41, 5.74) is 0. The van der Waals surface area contributed by atoms with E-state index in [0.717, 1.165) is 77.0 Å². The van der Waals surface area contributed by atoms with Crippen LogP contribution in [0.25, 0.3) is 0 Å². The number of hydrogen-bond donors (Lipinski definition) is 0. The van der Waals surface area contributed by atoms with Gasteiger partial charge in [-0.15, -0.1) is 0 Å². The lowest BCUT2D eigenvalue weighted by Crippen LogP contribution is -2.30. The molecule has 0 saturated heterocycles. The van der Waals surface area contributed by atoms with Crippen LogP contribution in [0.15, 0.2) is 146 Å². The van der Waals surface area contributed by atoms with Crippen LogP contribution in [0, 0.1) is 0 Å². The van der Waals surface area contributed by atoms with E-state index in [9.17, 15) is 14.4 Å². The molecule has 374 valence electrons. The van der Waals surface area contributed by atoms with Crippen LogP contribution in [0.1, 0.15) is 201 Å². The van der Waals surface area contributed by atoms with Crippen molar-refractivity contribution in [3.05, 3.63) is 146 Å². The van der Waals surface area contributed by atoms with E-state index in [1.807, 2.05) is 18.2 Å². The first-order chi connectivity index (χ1) is 33.0. The molecule has 0 aromatic rings. The fourth-order valence-corrected chi connectivity index (χ4v) is 6.39. The highest BCUT2D eigenvalue weighted by Crippen LogP contribution is 2.09. The van der Waals surface area contributed by atoms with Gasteiger partial charge in [-0.05, 0) is 116 Å². The van der Waals surface area contributed by atoms with Gasteiger partial charge in [0.05, 0.1) is 0 Å². The van der Waals surface area contributed by atoms with Gasteiger partial charge >= 0.3 is 17.9 Å². The molecule has 0 heterocycles. The third kappa shape index (κ3) is 52.1. The topological polar surface area (TPSA) is 78.9 Å². The van der Waals surface area contributed by atoms with Crippen LogP contribution in [0.5, 0.6) is 0 Å². The predicted octanol–water partition coefficient (Wildman–Crippen LogP) is 17.6. The zero-order chi connectivity index (χ0) is 48.6. The summed E-state index contributed by atoms with van der Waals surface area (Å²) >= 11 is 0. The van der Waals surface area contributed by atoms with Crippen molar-refractivity contribution in [1.29, 1.82) is 0 Å². The average molecular weight is 923 g/mol. The van der Waals surface area contributed by atoms with Gasteiger partial charge in [-0.3, -0.25) is 14.4 Å². The minimum Gasteiger partial charge on any atom is -0.462 e. The van der Waals surface area contributed by atoms with Crippen molar-refractivity contribution in [1.82, 2.24) is 0 Å². The number of carbonyl (C=O) groups excluding carboxylic acids is 3. The minimum atomic E-state index is -0.866. The molecular weight excluding hydrogens is 829 g/mol. The number of rotatable bonds is 45. The molecule has 0 saturated carbocycles. The largest absolute Gasteiger partial charge is 0.462 e. The van der Waals surface area contributed by atoms with E-state index in [1.54, 1.807) is 0 Å². The van der Waals surface area contributed by atoms with Crippen molar-refractivity contribution in [2.45, 2.75) is 207 Å². The molecule has 6 heteroatoms. The first kappa shape index (κ1) is 62.3. The van der Waals surface area contributed by atoms with E-state index >= 15 is 0 Å². The lowest BCUT2D eigenvalue weighted by molar-refractivity contribution is -0.166. The molecule has 1 atom stereocenters. The van der Waals surface area contributed by atoms with Crippen molar-refractivity contribution in [2.24, 2.45) is 0 Å². The van der Waals surface area contributed by atoms with Crippen LogP contribution < -0.4 is 0 Å². The second kappa shape index (κ2) is 53.9. The highest BCUT2D eigenvalue weighted by molar-refractivity contribution is 5.71. The summed E-state index contributed by atoms with van der Waals surface area (Å²) in [7, 11) is 0. The Morgan fingerprint density at radius 1 is 0.313 bits per heavy atom. The summed E-state index contributed by atoms with van der Waals surface area (Å²) in [5.74, 6) is -1.18. The molecule has 0 aromatic carbocycles. The van der Waals surface area contributed by atoms with E-state index in [2.05, 4.69) is 148 Å². The van der Waals surface area contributed by atoms with Gasteiger partial charge in [0.2, 0.25) is 0 Å². The molecule has 67 heavy (non-hydrogen) atoms. The number of allylic oxidation sites excluding steroid dienone is 24. The van der Waals surface area contributed by atoms with E-state index in [0.29, 0.717) is 19.3 Å². The van der Waals surface area contributed by atoms with E-state index in [-0.39, 0.29) is 38.4 Å². The van der Waals surface area contributed by atoms with Crippen LogP contribution >= 0.6 is 0 Å². The molecule has 0 aliphatic rings. The third-order valence-electron chi connectivity index (χ3n) is 10.3. The van der Waals surface area contributed by atoms with Gasteiger partial charge in [0, 0.05) is 19.3 Å². The van der Waals surface area contributed by atoms with Crippen molar-refractivity contribution in [2.75, 3.05) is 13.2 Å². The Hall–Kier alpha value is -4.71. The Kier molecular flexibility index (Phi) is 50.1. The van der Waals surface area contributed by atoms with Crippen LogP contribution in [0.4, 0.5) is 0 Å². The van der Waals surface area contributed by atoms with Gasteiger partial charge in [-0.2, -0.15) is 0 Å². The smallest absolute Gasteiger partial charge is 0.306 e. The fraction of sp³-hybridized carbons (Fsp3) is 0.557. The lowest BCUT2D eigenvalue weighted by atomic mass is 10.1. The number of esters is 3. The molecule has 0 bridgehead atoms. The average Bonchev–Trinajstić information content (AvgIpc) is 3.33. The molecule has 0 N–H and O–H groups in total. The SMILES string of the molecule is CC/C=C/C/C=C/C/C=C/C/C=C/C/C=C/C/C=C/CCC(=O)OCC(COC(=O)CC/C=C/C/C=C/CCCCCCCC)OC(=O)CCC/C=C/C/C=C/C/C=C/C/C=C/CCCCC. The molecule has 0 rings (SSSR count). The highest BCUT2D eigenvalue weighted by atomic mass is 16.6. The molecular formula is C61H94O6. The second-order valence-corrected chi connectivity index (χ2v) is 16.7. The van der Waals surface area contributed by atoms with E-state index in [4.69, 9.17) is 14.2 Å². The lowest BCUT2D eigenvalue weighted by Gasteiger charge is -2.18. The molecule has 0 amide bonds. The molecule has 0 aliphatic heterocycles. The summed E-state index contributed by atoms with van der Waals surface area (Å²) in [6, 6.07) is 0.